The molecule has 0 aromatic heterocycles. The van der Waals surface area contributed by atoms with E-state index in [-0.39, 0.29) is 5.92 Å². The molecular weight excluding hydrogens is 270 g/mol. The predicted molar refractivity (Wildman–Crippen MR) is 81.8 cm³/mol. The second kappa shape index (κ2) is 7.80. The molecule has 3 unspecified atom stereocenters. The Morgan fingerprint density at radius 3 is 2.76 bits per heavy atom. The molecule has 1 aliphatic rings. The highest BCUT2D eigenvalue weighted by molar-refractivity contribution is 5.68. The maximum Gasteiger partial charge on any atom is 0.408 e. The lowest BCUT2D eigenvalue weighted by molar-refractivity contribution is -0.122. The van der Waals surface area contributed by atoms with Crippen molar-refractivity contribution in [1.29, 1.82) is 0 Å². The van der Waals surface area contributed by atoms with Crippen molar-refractivity contribution < 1.29 is 19.4 Å². The van der Waals surface area contributed by atoms with E-state index in [1.54, 1.807) is 20.8 Å². The minimum atomic E-state index is -0.999. The minimum absolute atomic E-state index is 0.116. The lowest BCUT2D eigenvalue weighted by atomic mass is 9.89. The van der Waals surface area contributed by atoms with E-state index < -0.39 is 24.0 Å². The molecule has 1 heterocycles. The second-order valence-electron chi connectivity index (χ2n) is 6.84. The van der Waals surface area contributed by atoms with Crippen LogP contribution in [-0.2, 0) is 9.47 Å². The smallest absolute Gasteiger partial charge is 0.408 e. The van der Waals surface area contributed by atoms with Crippen molar-refractivity contribution in [1.82, 2.24) is 5.32 Å². The van der Waals surface area contributed by atoms with Gasteiger partial charge in [-0.15, -0.1) is 6.58 Å². The van der Waals surface area contributed by atoms with Crippen molar-refractivity contribution in [3.05, 3.63) is 12.7 Å². The number of hydrogen-bond acceptors (Lipinski definition) is 4. The largest absolute Gasteiger partial charge is 0.444 e. The predicted octanol–water partition coefficient (Wildman–Crippen LogP) is 2.84. The van der Waals surface area contributed by atoms with Crippen molar-refractivity contribution in [3.63, 3.8) is 0 Å². The zero-order valence-corrected chi connectivity index (χ0v) is 13.6. The van der Waals surface area contributed by atoms with Crippen LogP contribution in [-0.4, -0.2) is 35.7 Å². The molecule has 1 amide bonds. The highest BCUT2D eigenvalue weighted by Crippen LogP contribution is 2.27. The molecule has 0 spiro atoms. The lowest BCUT2D eigenvalue weighted by Gasteiger charge is -2.28. The van der Waals surface area contributed by atoms with E-state index in [2.05, 4.69) is 11.9 Å². The number of amides is 1. The maximum absolute atomic E-state index is 11.9. The summed E-state index contributed by atoms with van der Waals surface area (Å²) in [6.45, 7) is 11.7. The Morgan fingerprint density at radius 2 is 2.19 bits per heavy atom. The van der Waals surface area contributed by atoms with Crippen LogP contribution in [0.2, 0.25) is 0 Å². The van der Waals surface area contributed by atoms with Crippen LogP contribution in [0.4, 0.5) is 4.79 Å². The highest BCUT2D eigenvalue weighted by atomic mass is 16.6. The summed E-state index contributed by atoms with van der Waals surface area (Å²) >= 11 is 0. The number of carbonyl (C=O) groups is 1. The molecule has 1 fully saturated rings. The summed E-state index contributed by atoms with van der Waals surface area (Å²) in [6, 6.07) is -0.450. The van der Waals surface area contributed by atoms with E-state index in [1.165, 1.54) is 0 Å². The number of ether oxygens (including phenoxy) is 2. The molecule has 5 nitrogen and oxygen atoms in total. The van der Waals surface area contributed by atoms with E-state index in [9.17, 15) is 9.90 Å². The molecule has 4 atom stereocenters. The molecule has 0 aromatic carbocycles. The third-order valence-electron chi connectivity index (χ3n) is 3.59. The minimum Gasteiger partial charge on any atom is -0.444 e. The Hall–Kier alpha value is -1.07. The number of rotatable bonds is 4. The molecule has 0 bridgehead atoms. The summed E-state index contributed by atoms with van der Waals surface area (Å²) in [4.78, 5) is 11.9. The summed E-state index contributed by atoms with van der Waals surface area (Å²) in [5, 5.41) is 12.8. The van der Waals surface area contributed by atoms with Crippen molar-refractivity contribution in [3.8, 4) is 0 Å². The number of allylic oxidation sites excluding steroid dienone is 1. The number of hydrogen-bond donors (Lipinski definition) is 2. The maximum atomic E-state index is 11.9. The number of aliphatic hydroxyl groups excluding tert-OH is 1. The Bertz CT molecular complexity index is 351. The van der Waals surface area contributed by atoms with Gasteiger partial charge in [-0.1, -0.05) is 13.0 Å². The molecule has 1 rings (SSSR count). The fourth-order valence-corrected chi connectivity index (χ4v) is 2.57. The van der Waals surface area contributed by atoms with Crippen LogP contribution >= 0.6 is 0 Å². The van der Waals surface area contributed by atoms with Crippen molar-refractivity contribution >= 4 is 6.09 Å². The van der Waals surface area contributed by atoms with E-state index in [4.69, 9.17) is 9.47 Å². The van der Waals surface area contributed by atoms with Gasteiger partial charge < -0.3 is 19.9 Å². The number of carbonyl (C=O) groups excluding carboxylic acids is 1. The number of nitrogens with one attached hydrogen (secondary N) is 1. The van der Waals surface area contributed by atoms with Gasteiger partial charge in [-0.25, -0.2) is 4.79 Å². The van der Waals surface area contributed by atoms with Gasteiger partial charge in [0.15, 0.2) is 6.29 Å². The van der Waals surface area contributed by atoms with Crippen LogP contribution < -0.4 is 5.32 Å². The lowest BCUT2D eigenvalue weighted by Crippen LogP contribution is -2.49. The first kappa shape index (κ1) is 18.0. The summed E-state index contributed by atoms with van der Waals surface area (Å²) in [5.74, 6) is 0.489. The zero-order valence-electron chi connectivity index (χ0n) is 13.6. The Kier molecular flexibility index (Phi) is 6.68. The third kappa shape index (κ3) is 6.48. The SMILES string of the molecule is C=CCCC1COC(O)C(NC(=O)OC(C)(C)C)[C@H](C)C1. The molecule has 1 saturated heterocycles. The molecule has 21 heavy (non-hydrogen) atoms. The topological polar surface area (TPSA) is 67.8 Å². The molecule has 0 aliphatic carbocycles. The molecule has 0 radical (unpaired) electrons. The second-order valence-corrected chi connectivity index (χ2v) is 6.84. The Labute approximate surface area is 127 Å². The molecule has 122 valence electrons. The van der Waals surface area contributed by atoms with Crippen LogP contribution in [0, 0.1) is 11.8 Å². The first-order chi connectivity index (χ1) is 9.73. The zero-order chi connectivity index (χ0) is 16.0. The quantitative estimate of drug-likeness (QED) is 0.783. The highest BCUT2D eigenvalue weighted by Gasteiger charge is 2.34. The van der Waals surface area contributed by atoms with Gasteiger partial charge in [-0.3, -0.25) is 0 Å². The van der Waals surface area contributed by atoms with Gasteiger partial charge in [-0.05, 0) is 51.9 Å². The van der Waals surface area contributed by atoms with Crippen molar-refractivity contribution in [2.24, 2.45) is 11.8 Å². The van der Waals surface area contributed by atoms with Crippen LogP contribution in [0.3, 0.4) is 0 Å². The third-order valence-corrected chi connectivity index (χ3v) is 3.59. The Balaban J connectivity index is 2.60. The number of alkyl carbamates (subject to hydrolysis) is 1. The van der Waals surface area contributed by atoms with Gasteiger partial charge in [0.2, 0.25) is 0 Å². The monoisotopic (exact) mass is 299 g/mol. The average Bonchev–Trinajstić information content (AvgIpc) is 2.47. The van der Waals surface area contributed by atoms with E-state index in [0.717, 1.165) is 19.3 Å². The summed E-state index contributed by atoms with van der Waals surface area (Å²) in [6.07, 6.45) is 3.18. The first-order valence-corrected chi connectivity index (χ1v) is 7.63. The van der Waals surface area contributed by atoms with Gasteiger partial charge in [0.1, 0.15) is 5.60 Å². The molecule has 0 aromatic rings. The molecule has 2 N–H and O–H groups in total. The summed E-state index contributed by atoms with van der Waals surface area (Å²) < 4.78 is 10.7. The van der Waals surface area contributed by atoms with Gasteiger partial charge in [0, 0.05) is 0 Å². The summed E-state index contributed by atoms with van der Waals surface area (Å²) in [7, 11) is 0. The van der Waals surface area contributed by atoms with E-state index >= 15 is 0 Å². The van der Waals surface area contributed by atoms with Gasteiger partial charge >= 0.3 is 6.09 Å². The number of aliphatic hydroxyl groups is 1. The standard InChI is InChI=1S/C16H29NO4/c1-6-7-8-12-9-11(2)13(14(18)20-10-12)17-15(19)21-16(3,4)5/h6,11-14,18H,1,7-10H2,2-5H3,(H,17,19)/t11-,12?,13?,14?/m1/s1. The summed E-state index contributed by atoms with van der Waals surface area (Å²) in [5.41, 5.74) is -0.559. The van der Waals surface area contributed by atoms with E-state index in [1.807, 2.05) is 13.0 Å². The van der Waals surface area contributed by atoms with E-state index in [0.29, 0.717) is 12.5 Å². The molecule has 0 saturated carbocycles. The fourth-order valence-electron chi connectivity index (χ4n) is 2.57. The average molecular weight is 299 g/mol. The van der Waals surface area contributed by atoms with Crippen LogP contribution in [0.15, 0.2) is 12.7 Å². The molecule has 5 heteroatoms. The normalized spacial score (nSPS) is 30.3. The molecule has 1 aliphatic heterocycles. The van der Waals surface area contributed by atoms with Gasteiger partial charge in [-0.2, -0.15) is 0 Å². The van der Waals surface area contributed by atoms with Gasteiger partial charge in [0.05, 0.1) is 12.6 Å². The van der Waals surface area contributed by atoms with Crippen LogP contribution in [0.25, 0.3) is 0 Å². The van der Waals surface area contributed by atoms with Crippen LogP contribution in [0.5, 0.6) is 0 Å². The Morgan fingerprint density at radius 1 is 1.52 bits per heavy atom. The van der Waals surface area contributed by atoms with Crippen molar-refractivity contribution in [2.45, 2.75) is 64.9 Å². The van der Waals surface area contributed by atoms with Gasteiger partial charge in [0.25, 0.3) is 0 Å². The first-order valence-electron chi connectivity index (χ1n) is 7.63. The van der Waals surface area contributed by atoms with Crippen LogP contribution in [0.1, 0.15) is 47.0 Å². The van der Waals surface area contributed by atoms with Crippen molar-refractivity contribution in [2.75, 3.05) is 6.61 Å². The fraction of sp³-hybridized carbons (Fsp3) is 0.812. The molecular formula is C16H29NO4.